The van der Waals surface area contributed by atoms with E-state index in [9.17, 15) is 4.79 Å². The number of hydrogen-bond donors (Lipinski definition) is 2. The summed E-state index contributed by atoms with van der Waals surface area (Å²) in [5.74, 6) is 0.114. The summed E-state index contributed by atoms with van der Waals surface area (Å²) in [4.78, 5) is 12.4. The Labute approximate surface area is 128 Å². The second-order valence-corrected chi connectivity index (χ2v) is 7.41. The molecule has 1 unspecified atom stereocenters. The molecule has 0 radical (unpaired) electrons. The Morgan fingerprint density at radius 2 is 1.86 bits per heavy atom. The zero-order valence-electron chi connectivity index (χ0n) is 13.7. The van der Waals surface area contributed by atoms with Crippen LogP contribution in [0.3, 0.4) is 0 Å². The molecule has 3 nitrogen and oxygen atoms in total. The molecule has 3 N–H and O–H groups in total. The number of amides is 1. The molecule has 1 atom stereocenters. The number of nitrogens with one attached hydrogen (secondary N) is 1. The van der Waals surface area contributed by atoms with Gasteiger partial charge in [0.2, 0.25) is 5.91 Å². The zero-order chi connectivity index (χ0) is 15.7. The SMILES string of the molecule is CC(NC(=O)C1(CN)CCC1)c1ccc(C(C)(C)C)cc1. The van der Waals surface area contributed by atoms with Crippen molar-refractivity contribution in [3.63, 3.8) is 0 Å². The average Bonchev–Trinajstić information content (AvgIpc) is 2.37. The molecule has 116 valence electrons. The Morgan fingerprint density at radius 1 is 1.29 bits per heavy atom. The fraction of sp³-hybridized carbons (Fsp3) is 0.611. The van der Waals surface area contributed by atoms with Gasteiger partial charge >= 0.3 is 0 Å². The number of nitrogens with two attached hydrogens (primary N) is 1. The molecule has 3 heteroatoms. The summed E-state index contributed by atoms with van der Waals surface area (Å²) >= 11 is 0. The van der Waals surface area contributed by atoms with Crippen LogP contribution >= 0.6 is 0 Å². The van der Waals surface area contributed by atoms with Crippen LogP contribution in [0.25, 0.3) is 0 Å². The first-order valence-corrected chi connectivity index (χ1v) is 7.90. The molecule has 21 heavy (non-hydrogen) atoms. The number of benzene rings is 1. The van der Waals surface area contributed by atoms with Crippen LogP contribution in [0.2, 0.25) is 0 Å². The number of carbonyl (C=O) groups excluding carboxylic acids is 1. The standard InChI is InChI=1S/C18H28N2O/c1-13(20-16(21)18(12-19)10-5-11-18)14-6-8-15(9-7-14)17(2,3)4/h6-9,13H,5,10-12,19H2,1-4H3,(H,20,21). The van der Waals surface area contributed by atoms with Gasteiger partial charge in [0, 0.05) is 6.54 Å². The highest BCUT2D eigenvalue weighted by molar-refractivity contribution is 5.84. The molecule has 0 aliphatic heterocycles. The van der Waals surface area contributed by atoms with Gasteiger partial charge in [-0.05, 0) is 36.3 Å². The van der Waals surface area contributed by atoms with Crippen molar-refractivity contribution in [3.05, 3.63) is 35.4 Å². The van der Waals surface area contributed by atoms with Crippen LogP contribution in [0.5, 0.6) is 0 Å². The van der Waals surface area contributed by atoms with Gasteiger partial charge in [-0.2, -0.15) is 0 Å². The van der Waals surface area contributed by atoms with E-state index in [4.69, 9.17) is 5.73 Å². The Balaban J connectivity index is 2.03. The Morgan fingerprint density at radius 3 is 2.24 bits per heavy atom. The third kappa shape index (κ3) is 3.29. The van der Waals surface area contributed by atoms with Gasteiger partial charge in [-0.3, -0.25) is 4.79 Å². The lowest BCUT2D eigenvalue weighted by Crippen LogP contribution is -2.50. The highest BCUT2D eigenvalue weighted by Gasteiger charge is 2.43. The second kappa shape index (κ2) is 5.80. The van der Waals surface area contributed by atoms with Crippen molar-refractivity contribution in [3.8, 4) is 0 Å². The van der Waals surface area contributed by atoms with E-state index in [1.807, 2.05) is 6.92 Å². The molecule has 1 amide bonds. The second-order valence-electron chi connectivity index (χ2n) is 7.41. The van der Waals surface area contributed by atoms with Crippen molar-refractivity contribution in [2.75, 3.05) is 6.54 Å². The highest BCUT2D eigenvalue weighted by atomic mass is 16.2. The molecule has 0 bridgehead atoms. The summed E-state index contributed by atoms with van der Waals surface area (Å²) in [7, 11) is 0. The van der Waals surface area contributed by atoms with Gasteiger partial charge in [-0.1, -0.05) is 51.5 Å². The van der Waals surface area contributed by atoms with E-state index in [2.05, 4.69) is 50.4 Å². The zero-order valence-corrected chi connectivity index (χ0v) is 13.7. The largest absolute Gasteiger partial charge is 0.349 e. The first kappa shape index (κ1) is 16.0. The topological polar surface area (TPSA) is 55.1 Å². The van der Waals surface area contributed by atoms with Gasteiger partial charge in [0.05, 0.1) is 11.5 Å². The fourth-order valence-electron chi connectivity index (χ4n) is 2.83. The summed E-state index contributed by atoms with van der Waals surface area (Å²) in [6.07, 6.45) is 2.95. The number of hydrogen-bond acceptors (Lipinski definition) is 2. The van der Waals surface area contributed by atoms with Crippen LogP contribution in [0.4, 0.5) is 0 Å². The van der Waals surface area contributed by atoms with Crippen molar-refractivity contribution in [2.45, 2.75) is 58.4 Å². The van der Waals surface area contributed by atoms with Crippen molar-refractivity contribution < 1.29 is 4.79 Å². The van der Waals surface area contributed by atoms with Gasteiger partial charge in [-0.15, -0.1) is 0 Å². The summed E-state index contributed by atoms with van der Waals surface area (Å²) in [5.41, 5.74) is 8.09. The predicted molar refractivity (Wildman–Crippen MR) is 87.0 cm³/mol. The van der Waals surface area contributed by atoms with Crippen molar-refractivity contribution in [1.82, 2.24) is 5.32 Å². The molecule has 0 aromatic heterocycles. The molecule has 2 rings (SSSR count). The van der Waals surface area contributed by atoms with E-state index < -0.39 is 0 Å². The highest BCUT2D eigenvalue weighted by Crippen LogP contribution is 2.40. The first-order chi connectivity index (χ1) is 9.78. The van der Waals surface area contributed by atoms with Crippen LogP contribution < -0.4 is 11.1 Å². The molecule has 1 aromatic rings. The normalized spacial score (nSPS) is 18.7. The fourth-order valence-corrected chi connectivity index (χ4v) is 2.83. The molecule has 0 saturated heterocycles. The molecule has 1 fully saturated rings. The minimum Gasteiger partial charge on any atom is -0.349 e. The van der Waals surface area contributed by atoms with Crippen LogP contribution in [-0.2, 0) is 10.2 Å². The van der Waals surface area contributed by atoms with Gasteiger partial charge in [-0.25, -0.2) is 0 Å². The Hall–Kier alpha value is -1.35. The molecule has 0 heterocycles. The van der Waals surface area contributed by atoms with E-state index in [1.54, 1.807) is 0 Å². The smallest absolute Gasteiger partial charge is 0.227 e. The lowest BCUT2D eigenvalue weighted by atomic mass is 9.68. The van der Waals surface area contributed by atoms with E-state index in [0.717, 1.165) is 24.8 Å². The molecule has 1 aromatic carbocycles. The summed E-state index contributed by atoms with van der Waals surface area (Å²) in [5, 5.41) is 3.13. The minimum absolute atomic E-state index is 0.0237. The lowest BCUT2D eigenvalue weighted by Gasteiger charge is -2.39. The molecule has 1 saturated carbocycles. The maximum absolute atomic E-state index is 12.4. The minimum atomic E-state index is -0.306. The Kier molecular flexibility index (Phi) is 4.43. The van der Waals surface area contributed by atoms with Crippen LogP contribution in [0.1, 0.15) is 64.1 Å². The van der Waals surface area contributed by atoms with E-state index >= 15 is 0 Å². The number of rotatable bonds is 4. The van der Waals surface area contributed by atoms with E-state index in [0.29, 0.717) is 6.54 Å². The van der Waals surface area contributed by atoms with Gasteiger partial charge in [0.25, 0.3) is 0 Å². The van der Waals surface area contributed by atoms with Crippen molar-refractivity contribution in [2.24, 2.45) is 11.1 Å². The van der Waals surface area contributed by atoms with Crippen LogP contribution in [0.15, 0.2) is 24.3 Å². The average molecular weight is 288 g/mol. The molecule has 1 aliphatic carbocycles. The van der Waals surface area contributed by atoms with Crippen molar-refractivity contribution >= 4 is 5.91 Å². The summed E-state index contributed by atoms with van der Waals surface area (Å²) in [6, 6.07) is 8.55. The maximum atomic E-state index is 12.4. The van der Waals surface area contributed by atoms with Gasteiger partial charge in [0.1, 0.15) is 0 Å². The predicted octanol–water partition coefficient (Wildman–Crippen LogP) is 3.29. The molecule has 1 aliphatic rings. The quantitative estimate of drug-likeness (QED) is 0.893. The third-order valence-corrected chi connectivity index (χ3v) is 4.81. The molecular formula is C18H28N2O. The monoisotopic (exact) mass is 288 g/mol. The summed E-state index contributed by atoms with van der Waals surface area (Å²) in [6.45, 7) is 9.10. The van der Waals surface area contributed by atoms with Crippen LogP contribution in [0, 0.1) is 5.41 Å². The van der Waals surface area contributed by atoms with Gasteiger partial charge < -0.3 is 11.1 Å². The summed E-state index contributed by atoms with van der Waals surface area (Å²) < 4.78 is 0. The Bertz CT molecular complexity index is 489. The molecular weight excluding hydrogens is 260 g/mol. The van der Waals surface area contributed by atoms with Crippen LogP contribution in [-0.4, -0.2) is 12.5 Å². The molecule has 0 spiro atoms. The lowest BCUT2D eigenvalue weighted by molar-refractivity contribution is -0.135. The van der Waals surface area contributed by atoms with Crippen molar-refractivity contribution in [1.29, 1.82) is 0 Å². The van der Waals surface area contributed by atoms with E-state index in [-0.39, 0.29) is 22.8 Å². The third-order valence-electron chi connectivity index (χ3n) is 4.81. The van der Waals surface area contributed by atoms with Gasteiger partial charge in [0.15, 0.2) is 0 Å². The maximum Gasteiger partial charge on any atom is 0.227 e. The van der Waals surface area contributed by atoms with E-state index in [1.165, 1.54) is 5.56 Å². The first-order valence-electron chi connectivity index (χ1n) is 7.90. The number of carbonyl (C=O) groups is 1.